The number of halogens is 1. The molecule has 0 aliphatic heterocycles. The van der Waals surface area contributed by atoms with Crippen LogP contribution >= 0.6 is 19.4 Å². The monoisotopic (exact) mass is 349 g/mol. The first kappa shape index (κ1) is 17.6. The predicted octanol–water partition coefficient (Wildman–Crippen LogP) is 1.31. The van der Waals surface area contributed by atoms with Gasteiger partial charge in [0, 0.05) is 5.02 Å². The van der Waals surface area contributed by atoms with Crippen LogP contribution in [-0.4, -0.2) is 33.5 Å². The van der Waals surface area contributed by atoms with E-state index in [9.17, 15) is 14.5 Å². The number of carbonyl (C=O) groups is 1. The van der Waals surface area contributed by atoms with Gasteiger partial charge in [-0.1, -0.05) is 29.8 Å². The highest BCUT2D eigenvalue weighted by Crippen LogP contribution is 2.40. The van der Waals surface area contributed by atoms with Crippen molar-refractivity contribution in [2.24, 2.45) is 0 Å². The lowest BCUT2D eigenvalue weighted by Gasteiger charge is -2.39. The number of rotatable bonds is 5. The van der Waals surface area contributed by atoms with Crippen LogP contribution < -0.4 is 5.32 Å². The Labute approximate surface area is 132 Å². The molecule has 0 amide bonds. The number of aliphatic hydroxyl groups is 1. The van der Waals surface area contributed by atoms with Crippen molar-refractivity contribution in [1.82, 2.24) is 5.32 Å². The second kappa shape index (κ2) is 6.76. The minimum absolute atomic E-state index is 0.327. The Balaban J connectivity index is 2.35. The van der Waals surface area contributed by atoms with Crippen LogP contribution in [0.4, 0.5) is 0 Å². The van der Waals surface area contributed by atoms with E-state index >= 15 is 0 Å². The summed E-state index contributed by atoms with van der Waals surface area (Å²) in [6, 6.07) is 6.65. The van der Waals surface area contributed by atoms with Gasteiger partial charge in [0.2, 0.25) is 0 Å². The zero-order valence-corrected chi connectivity index (χ0v) is 13.3. The fraction of sp³-hybridized carbons (Fsp3) is 0.462. The third-order valence-corrected chi connectivity index (χ3v) is 4.49. The maximum atomic E-state index is 12.5. The fourth-order valence-electron chi connectivity index (χ4n) is 2.68. The normalized spacial score (nSPS) is 26.2. The number of Topliss-reactive ketones (excluding diaryl/α,β-unsaturated/α-hetero) is 1. The predicted molar refractivity (Wildman–Crippen MR) is 79.1 cm³/mol. The van der Waals surface area contributed by atoms with E-state index in [-0.39, 0.29) is 0 Å². The quantitative estimate of drug-likeness (QED) is 0.467. The van der Waals surface area contributed by atoms with Crippen LogP contribution in [0.2, 0.25) is 5.02 Å². The van der Waals surface area contributed by atoms with E-state index in [4.69, 9.17) is 21.4 Å². The molecule has 1 aliphatic carbocycles. The fourth-order valence-corrected chi connectivity index (χ4v) is 3.21. The first-order valence-corrected chi connectivity index (χ1v) is 8.59. The van der Waals surface area contributed by atoms with Gasteiger partial charge in [-0.25, -0.2) is 4.57 Å². The summed E-state index contributed by atoms with van der Waals surface area (Å²) in [5.74, 6) is -0.485. The molecule has 0 heterocycles. The topological polar surface area (TPSA) is 116 Å². The van der Waals surface area contributed by atoms with Gasteiger partial charge in [0.1, 0.15) is 18.4 Å². The number of aliphatic hydroxyl groups excluding tert-OH is 1. The first-order chi connectivity index (χ1) is 10.3. The zero-order chi connectivity index (χ0) is 16.4. The molecular formula is C13H17ClNO6P. The molecule has 1 aromatic carbocycles. The summed E-state index contributed by atoms with van der Waals surface area (Å²) in [4.78, 5) is 30.1. The third kappa shape index (κ3) is 3.75. The molecule has 0 saturated heterocycles. The van der Waals surface area contributed by atoms with Crippen molar-refractivity contribution in [1.29, 1.82) is 0 Å². The molecule has 0 radical (unpaired) electrons. The molecule has 22 heavy (non-hydrogen) atoms. The van der Waals surface area contributed by atoms with Gasteiger partial charge in [-0.3, -0.25) is 14.6 Å². The standard InChI is InChI=1S/C13H17ClNO6P/c14-10-5-2-1-4-9(10)13(15-8-21-22(18,19)20)7-3-6-11(16)12(13)17/h1-2,4-5,11,15-16H,3,6-8H2,(H2,18,19,20)/t11-,13+/m0/s1. The summed E-state index contributed by atoms with van der Waals surface area (Å²) >= 11 is 6.16. The Kier molecular flexibility index (Phi) is 5.40. The number of nitrogens with one attached hydrogen (secondary N) is 1. The Morgan fingerprint density at radius 1 is 1.41 bits per heavy atom. The van der Waals surface area contributed by atoms with Crippen molar-refractivity contribution in [3.8, 4) is 0 Å². The van der Waals surface area contributed by atoms with Gasteiger partial charge in [0.15, 0.2) is 5.78 Å². The molecule has 0 unspecified atom stereocenters. The van der Waals surface area contributed by atoms with Crippen LogP contribution in [0.5, 0.6) is 0 Å². The Bertz CT molecular complexity index is 606. The summed E-state index contributed by atoms with van der Waals surface area (Å²) < 4.78 is 15.2. The van der Waals surface area contributed by atoms with Crippen LogP contribution in [0, 0.1) is 0 Å². The average molecular weight is 350 g/mol. The van der Waals surface area contributed by atoms with E-state index in [0.29, 0.717) is 29.8 Å². The molecule has 0 spiro atoms. The van der Waals surface area contributed by atoms with Crippen molar-refractivity contribution < 1.29 is 28.8 Å². The molecule has 9 heteroatoms. The number of carbonyl (C=O) groups excluding carboxylic acids is 1. The lowest BCUT2D eigenvalue weighted by Crippen LogP contribution is -2.56. The van der Waals surface area contributed by atoms with E-state index in [2.05, 4.69) is 9.84 Å². The summed E-state index contributed by atoms with van der Waals surface area (Å²) in [5, 5.41) is 12.9. The van der Waals surface area contributed by atoms with Gasteiger partial charge < -0.3 is 14.9 Å². The highest BCUT2D eigenvalue weighted by Gasteiger charge is 2.46. The van der Waals surface area contributed by atoms with E-state index in [1.165, 1.54) is 0 Å². The molecule has 0 bridgehead atoms. The molecule has 1 fully saturated rings. The molecule has 122 valence electrons. The van der Waals surface area contributed by atoms with Gasteiger partial charge in [0.25, 0.3) is 0 Å². The third-order valence-electron chi connectivity index (χ3n) is 3.69. The lowest BCUT2D eigenvalue weighted by molar-refractivity contribution is -0.138. The van der Waals surface area contributed by atoms with E-state index in [0.717, 1.165) is 0 Å². The maximum Gasteiger partial charge on any atom is 0.470 e. The molecule has 1 aromatic rings. The summed E-state index contributed by atoms with van der Waals surface area (Å²) in [6.45, 7) is -0.548. The minimum atomic E-state index is -4.67. The van der Waals surface area contributed by atoms with Gasteiger partial charge >= 0.3 is 7.82 Å². The SMILES string of the molecule is O=C1[C@@H](O)CCC[C@@]1(NCOP(=O)(O)O)c1ccccc1Cl. The zero-order valence-electron chi connectivity index (χ0n) is 11.6. The number of phosphoric acid groups is 1. The number of phosphoric ester groups is 1. The molecule has 7 nitrogen and oxygen atoms in total. The molecular weight excluding hydrogens is 333 g/mol. The molecule has 1 aliphatic rings. The first-order valence-electron chi connectivity index (χ1n) is 6.69. The van der Waals surface area contributed by atoms with Gasteiger partial charge in [-0.15, -0.1) is 0 Å². The van der Waals surface area contributed by atoms with Gasteiger partial charge in [-0.2, -0.15) is 0 Å². The Hall–Kier alpha value is -0.790. The van der Waals surface area contributed by atoms with Crippen molar-refractivity contribution in [3.63, 3.8) is 0 Å². The molecule has 2 rings (SSSR count). The van der Waals surface area contributed by atoms with Crippen molar-refractivity contribution in [2.45, 2.75) is 30.9 Å². The average Bonchev–Trinajstić information content (AvgIpc) is 2.43. The number of hydrogen-bond donors (Lipinski definition) is 4. The van der Waals surface area contributed by atoms with Crippen LogP contribution in [0.1, 0.15) is 24.8 Å². The van der Waals surface area contributed by atoms with Crippen molar-refractivity contribution >= 4 is 25.2 Å². The van der Waals surface area contributed by atoms with Crippen molar-refractivity contribution in [3.05, 3.63) is 34.9 Å². The van der Waals surface area contributed by atoms with Gasteiger partial charge in [-0.05, 0) is 30.9 Å². The summed E-state index contributed by atoms with van der Waals surface area (Å²) in [5.41, 5.74) is -0.875. The van der Waals surface area contributed by atoms with E-state index in [1.54, 1.807) is 24.3 Å². The highest BCUT2D eigenvalue weighted by molar-refractivity contribution is 7.46. The van der Waals surface area contributed by atoms with E-state index in [1.807, 2.05) is 0 Å². The van der Waals surface area contributed by atoms with Gasteiger partial charge in [0.05, 0.1) is 0 Å². The highest BCUT2D eigenvalue weighted by atomic mass is 35.5. The summed E-state index contributed by atoms with van der Waals surface area (Å²) in [6.07, 6.45) is 0.0807. The molecule has 0 aromatic heterocycles. The lowest BCUT2D eigenvalue weighted by atomic mass is 9.74. The largest absolute Gasteiger partial charge is 0.470 e. The number of hydrogen-bond acceptors (Lipinski definition) is 5. The van der Waals surface area contributed by atoms with Crippen LogP contribution in [0.15, 0.2) is 24.3 Å². The maximum absolute atomic E-state index is 12.5. The number of ketones is 1. The molecule has 2 atom stereocenters. The Morgan fingerprint density at radius 3 is 2.73 bits per heavy atom. The molecule has 1 saturated carbocycles. The van der Waals surface area contributed by atoms with Crippen LogP contribution in [-0.2, 0) is 19.4 Å². The van der Waals surface area contributed by atoms with Crippen LogP contribution in [0.3, 0.4) is 0 Å². The van der Waals surface area contributed by atoms with Crippen LogP contribution in [0.25, 0.3) is 0 Å². The Morgan fingerprint density at radius 2 is 2.09 bits per heavy atom. The van der Waals surface area contributed by atoms with Crippen molar-refractivity contribution in [2.75, 3.05) is 6.73 Å². The summed E-state index contributed by atoms with van der Waals surface area (Å²) in [7, 11) is -4.67. The second-order valence-corrected chi connectivity index (χ2v) is 6.74. The minimum Gasteiger partial charge on any atom is -0.385 e. The second-order valence-electron chi connectivity index (χ2n) is 5.10. The molecule has 4 N–H and O–H groups in total. The van der Waals surface area contributed by atoms with E-state index < -0.39 is 32.0 Å². The number of benzene rings is 1. The smallest absolute Gasteiger partial charge is 0.385 e.